The summed E-state index contributed by atoms with van der Waals surface area (Å²) in [6.07, 6.45) is 3.62. The average Bonchev–Trinajstić information content (AvgIpc) is 2.36. The van der Waals surface area contributed by atoms with Gasteiger partial charge in [0.15, 0.2) is 0 Å². The van der Waals surface area contributed by atoms with E-state index in [1.54, 1.807) is 6.07 Å². The second-order valence-corrected chi connectivity index (χ2v) is 5.06. The number of aliphatic hydroxyl groups is 1. The first-order valence-corrected chi connectivity index (χ1v) is 6.55. The molecule has 1 amide bonds. The van der Waals surface area contributed by atoms with Gasteiger partial charge in [0.2, 0.25) is 0 Å². The van der Waals surface area contributed by atoms with Crippen molar-refractivity contribution in [2.75, 3.05) is 6.54 Å². The highest BCUT2D eigenvalue weighted by Gasteiger charge is 2.20. The van der Waals surface area contributed by atoms with E-state index < -0.39 is 0 Å². The minimum absolute atomic E-state index is 0.126. The zero-order valence-corrected chi connectivity index (χ0v) is 10.7. The van der Waals surface area contributed by atoms with Crippen LogP contribution in [0.4, 0.5) is 0 Å². The topological polar surface area (TPSA) is 62.2 Å². The molecule has 1 aliphatic rings. The number of nitrogens with one attached hydrogen (secondary N) is 1. The number of carbonyl (C=O) groups is 1. The van der Waals surface area contributed by atoms with E-state index in [1.165, 1.54) is 0 Å². The summed E-state index contributed by atoms with van der Waals surface area (Å²) in [6.45, 7) is 2.50. The number of aromatic nitrogens is 1. The monoisotopic (exact) mass is 248 g/mol. The molecule has 1 aliphatic carbocycles. The van der Waals surface area contributed by atoms with E-state index in [-0.39, 0.29) is 12.0 Å². The first-order chi connectivity index (χ1) is 8.65. The number of carbonyl (C=O) groups excluding carboxylic acids is 1. The van der Waals surface area contributed by atoms with Crippen LogP contribution in [0.3, 0.4) is 0 Å². The van der Waals surface area contributed by atoms with Crippen molar-refractivity contribution in [2.45, 2.75) is 38.7 Å². The highest BCUT2D eigenvalue weighted by atomic mass is 16.3. The Morgan fingerprint density at radius 2 is 2.33 bits per heavy atom. The number of aryl methyl sites for hydroxylation is 1. The molecule has 0 bridgehead atoms. The van der Waals surface area contributed by atoms with Gasteiger partial charge in [0, 0.05) is 12.2 Å². The van der Waals surface area contributed by atoms with Gasteiger partial charge in [-0.25, -0.2) is 4.98 Å². The Hall–Kier alpha value is -1.42. The number of nitrogens with zero attached hydrogens (tertiary/aromatic N) is 1. The van der Waals surface area contributed by atoms with Gasteiger partial charge in [-0.1, -0.05) is 12.5 Å². The molecule has 1 saturated carbocycles. The minimum Gasteiger partial charge on any atom is -0.393 e. The third-order valence-electron chi connectivity index (χ3n) is 3.43. The van der Waals surface area contributed by atoms with Crippen molar-refractivity contribution in [1.29, 1.82) is 0 Å². The van der Waals surface area contributed by atoms with Crippen LogP contribution < -0.4 is 5.32 Å². The first kappa shape index (κ1) is 13.0. The Kier molecular flexibility index (Phi) is 4.31. The molecule has 1 aromatic rings. The Labute approximate surface area is 107 Å². The van der Waals surface area contributed by atoms with Crippen molar-refractivity contribution in [3.8, 4) is 0 Å². The van der Waals surface area contributed by atoms with Crippen LogP contribution in [0.2, 0.25) is 0 Å². The Balaban J connectivity index is 1.84. The lowest BCUT2D eigenvalue weighted by Crippen LogP contribution is -2.33. The molecule has 2 unspecified atom stereocenters. The summed E-state index contributed by atoms with van der Waals surface area (Å²) < 4.78 is 0. The van der Waals surface area contributed by atoms with Gasteiger partial charge < -0.3 is 10.4 Å². The second-order valence-electron chi connectivity index (χ2n) is 5.06. The molecule has 1 aromatic heterocycles. The number of aliphatic hydroxyl groups excluding tert-OH is 1. The van der Waals surface area contributed by atoms with E-state index in [9.17, 15) is 9.90 Å². The number of hydrogen-bond acceptors (Lipinski definition) is 3. The maximum absolute atomic E-state index is 11.9. The van der Waals surface area contributed by atoms with Crippen LogP contribution in [-0.2, 0) is 0 Å². The highest BCUT2D eigenvalue weighted by Crippen LogP contribution is 2.23. The zero-order valence-electron chi connectivity index (χ0n) is 10.7. The van der Waals surface area contributed by atoms with E-state index in [0.29, 0.717) is 18.2 Å². The normalized spacial score (nSPS) is 23.7. The van der Waals surface area contributed by atoms with Gasteiger partial charge in [0.25, 0.3) is 5.91 Å². The van der Waals surface area contributed by atoms with E-state index >= 15 is 0 Å². The summed E-state index contributed by atoms with van der Waals surface area (Å²) in [7, 11) is 0. The maximum Gasteiger partial charge on any atom is 0.269 e. The molecule has 0 radical (unpaired) electrons. The van der Waals surface area contributed by atoms with Crippen LogP contribution in [0.25, 0.3) is 0 Å². The molecule has 98 valence electrons. The lowest BCUT2D eigenvalue weighted by molar-refractivity contribution is 0.0870. The molecule has 4 heteroatoms. The van der Waals surface area contributed by atoms with Crippen LogP contribution in [0.5, 0.6) is 0 Å². The average molecular weight is 248 g/mol. The van der Waals surface area contributed by atoms with Gasteiger partial charge in [0.1, 0.15) is 5.69 Å². The van der Waals surface area contributed by atoms with Crippen molar-refractivity contribution in [2.24, 2.45) is 5.92 Å². The lowest BCUT2D eigenvalue weighted by Gasteiger charge is -2.25. The van der Waals surface area contributed by atoms with Crippen molar-refractivity contribution in [3.05, 3.63) is 29.6 Å². The van der Waals surface area contributed by atoms with Gasteiger partial charge in [-0.3, -0.25) is 4.79 Å². The third kappa shape index (κ3) is 3.53. The van der Waals surface area contributed by atoms with Crippen molar-refractivity contribution < 1.29 is 9.90 Å². The Morgan fingerprint density at radius 1 is 1.50 bits per heavy atom. The van der Waals surface area contributed by atoms with E-state index in [0.717, 1.165) is 31.4 Å². The van der Waals surface area contributed by atoms with Gasteiger partial charge >= 0.3 is 0 Å². The van der Waals surface area contributed by atoms with Crippen LogP contribution >= 0.6 is 0 Å². The van der Waals surface area contributed by atoms with E-state index in [1.807, 2.05) is 19.1 Å². The molecule has 2 atom stereocenters. The van der Waals surface area contributed by atoms with E-state index in [2.05, 4.69) is 10.3 Å². The molecule has 0 saturated heterocycles. The predicted molar refractivity (Wildman–Crippen MR) is 69.3 cm³/mol. The van der Waals surface area contributed by atoms with Gasteiger partial charge in [-0.15, -0.1) is 0 Å². The summed E-state index contributed by atoms with van der Waals surface area (Å²) in [5, 5.41) is 12.5. The molecule has 2 N–H and O–H groups in total. The second kappa shape index (κ2) is 5.96. The summed E-state index contributed by atoms with van der Waals surface area (Å²) in [6, 6.07) is 5.42. The molecular weight excluding hydrogens is 228 g/mol. The SMILES string of the molecule is Cc1cccc(C(=O)NCC2CCCC(O)C2)n1. The maximum atomic E-state index is 11.9. The smallest absolute Gasteiger partial charge is 0.269 e. The summed E-state index contributed by atoms with van der Waals surface area (Å²) in [5.74, 6) is 0.265. The molecule has 0 aliphatic heterocycles. The molecule has 18 heavy (non-hydrogen) atoms. The Bertz CT molecular complexity index is 420. The summed E-state index contributed by atoms with van der Waals surface area (Å²) >= 11 is 0. The molecule has 0 spiro atoms. The quantitative estimate of drug-likeness (QED) is 0.855. The fourth-order valence-electron chi connectivity index (χ4n) is 2.45. The van der Waals surface area contributed by atoms with Gasteiger partial charge in [0.05, 0.1) is 6.10 Å². The van der Waals surface area contributed by atoms with Gasteiger partial charge in [-0.2, -0.15) is 0 Å². The molecule has 2 rings (SSSR count). The highest BCUT2D eigenvalue weighted by molar-refractivity contribution is 5.92. The molecule has 1 heterocycles. The summed E-state index contributed by atoms with van der Waals surface area (Å²) in [4.78, 5) is 16.1. The zero-order chi connectivity index (χ0) is 13.0. The lowest BCUT2D eigenvalue weighted by atomic mass is 9.87. The van der Waals surface area contributed by atoms with Crippen LogP contribution in [0, 0.1) is 12.8 Å². The van der Waals surface area contributed by atoms with Crippen molar-refractivity contribution in [1.82, 2.24) is 10.3 Å². The molecule has 1 fully saturated rings. The van der Waals surface area contributed by atoms with Gasteiger partial charge in [-0.05, 0) is 44.2 Å². The molecule has 0 aromatic carbocycles. The van der Waals surface area contributed by atoms with Crippen molar-refractivity contribution in [3.63, 3.8) is 0 Å². The predicted octanol–water partition coefficient (Wildman–Crippen LogP) is 1.67. The van der Waals surface area contributed by atoms with Crippen LogP contribution in [0.1, 0.15) is 41.9 Å². The fraction of sp³-hybridized carbons (Fsp3) is 0.571. The van der Waals surface area contributed by atoms with Crippen LogP contribution in [0.15, 0.2) is 18.2 Å². The number of pyridine rings is 1. The Morgan fingerprint density at radius 3 is 3.06 bits per heavy atom. The number of amides is 1. The van der Waals surface area contributed by atoms with E-state index in [4.69, 9.17) is 0 Å². The fourth-order valence-corrected chi connectivity index (χ4v) is 2.45. The third-order valence-corrected chi connectivity index (χ3v) is 3.43. The largest absolute Gasteiger partial charge is 0.393 e. The number of hydrogen-bond donors (Lipinski definition) is 2. The number of rotatable bonds is 3. The molecule has 4 nitrogen and oxygen atoms in total. The minimum atomic E-state index is -0.197. The molecular formula is C14H20N2O2. The summed E-state index contributed by atoms with van der Waals surface area (Å²) in [5.41, 5.74) is 1.31. The van der Waals surface area contributed by atoms with Crippen LogP contribution in [-0.4, -0.2) is 28.6 Å². The van der Waals surface area contributed by atoms with Crippen molar-refractivity contribution >= 4 is 5.91 Å². The standard InChI is InChI=1S/C14H20N2O2/c1-10-4-2-7-13(16-10)14(18)15-9-11-5-3-6-12(17)8-11/h2,4,7,11-12,17H,3,5-6,8-9H2,1H3,(H,15,18). The first-order valence-electron chi connectivity index (χ1n) is 6.55.